The molecule has 4 heterocycles. The predicted octanol–water partition coefficient (Wildman–Crippen LogP) is 6.68. The number of urea groups is 1. The molecular weight excluding hydrogens is 665 g/mol. The van der Waals surface area contributed by atoms with Crippen LogP contribution in [0.25, 0.3) is 5.65 Å². The maximum Gasteiger partial charge on any atom is 0.320 e. The number of aromatic nitrogens is 3. The van der Waals surface area contributed by atoms with Crippen LogP contribution in [0.1, 0.15) is 93.6 Å². The molecule has 0 spiro atoms. The number of hydrogen-bond acceptors (Lipinski definition) is 9. The summed E-state index contributed by atoms with van der Waals surface area (Å²) in [7, 11) is 4.31. The second-order valence-electron chi connectivity index (χ2n) is 16.0. The Kier molecular flexibility index (Phi) is 10.9. The van der Waals surface area contributed by atoms with Crippen molar-refractivity contribution in [2.75, 3.05) is 46.8 Å². The van der Waals surface area contributed by atoms with E-state index in [0.29, 0.717) is 18.0 Å². The average Bonchev–Trinajstić information content (AvgIpc) is 3.75. The third-order valence-electron chi connectivity index (χ3n) is 10.9. The van der Waals surface area contributed by atoms with Crippen molar-refractivity contribution in [3.63, 3.8) is 0 Å². The monoisotopic (exact) mass is 718 g/mol. The highest BCUT2D eigenvalue weighted by atomic mass is 16.5. The Morgan fingerprint density at radius 3 is 2.49 bits per heavy atom. The smallest absolute Gasteiger partial charge is 0.320 e. The number of ether oxygens (including phenoxy) is 1. The number of likely N-dealkylation sites (N-methyl/N-ethyl adjacent to an activating group) is 1. The zero-order valence-electron chi connectivity index (χ0n) is 31.8. The summed E-state index contributed by atoms with van der Waals surface area (Å²) in [4.78, 5) is 25.8. The summed E-state index contributed by atoms with van der Waals surface area (Å²) in [6.45, 7) is 12.2. The highest BCUT2D eigenvalue weighted by Crippen LogP contribution is 2.39. The molecule has 53 heavy (non-hydrogen) atoms. The Bertz CT molecular complexity index is 1960. The molecule has 280 valence electrons. The van der Waals surface area contributed by atoms with Gasteiger partial charge in [0.2, 0.25) is 0 Å². The first-order chi connectivity index (χ1) is 25.5. The molecule has 0 radical (unpaired) electrons. The summed E-state index contributed by atoms with van der Waals surface area (Å²) in [5.41, 5.74) is 5.01. The molecule has 1 aliphatic carbocycles. The van der Waals surface area contributed by atoms with Crippen LogP contribution in [0.15, 0.2) is 71.9 Å². The van der Waals surface area contributed by atoms with E-state index in [2.05, 4.69) is 78.3 Å². The number of benzene rings is 2. The van der Waals surface area contributed by atoms with Crippen molar-refractivity contribution in [2.45, 2.75) is 77.6 Å². The molecule has 12 heteroatoms. The summed E-state index contributed by atoms with van der Waals surface area (Å²) in [6.07, 6.45) is 5.75. The summed E-state index contributed by atoms with van der Waals surface area (Å²) < 4.78 is 8.72. The molecule has 3 aliphatic rings. The van der Waals surface area contributed by atoms with E-state index >= 15 is 0 Å². The van der Waals surface area contributed by atoms with Gasteiger partial charge in [-0.25, -0.2) is 9.79 Å². The molecule has 2 fully saturated rings. The van der Waals surface area contributed by atoms with Gasteiger partial charge in [0, 0.05) is 44.9 Å². The Balaban J connectivity index is 1.05. The summed E-state index contributed by atoms with van der Waals surface area (Å²) in [6, 6.07) is 20.0. The lowest BCUT2D eigenvalue weighted by Crippen LogP contribution is -2.43. The van der Waals surface area contributed by atoms with Gasteiger partial charge in [0.05, 0.1) is 24.0 Å². The van der Waals surface area contributed by atoms with Crippen LogP contribution in [0.3, 0.4) is 0 Å². The molecule has 3 unspecified atom stereocenters. The van der Waals surface area contributed by atoms with E-state index in [0.717, 1.165) is 92.6 Å². The molecular formula is C41H54N10O2. The number of amides is 2. The molecule has 2 aromatic heterocycles. The van der Waals surface area contributed by atoms with Crippen LogP contribution in [-0.4, -0.2) is 93.7 Å². The molecule has 0 bridgehead atoms. The fourth-order valence-corrected chi connectivity index (χ4v) is 7.62. The lowest BCUT2D eigenvalue weighted by atomic mass is 9.85. The Morgan fingerprint density at radius 1 is 0.943 bits per heavy atom. The number of fused-ring (bicyclic) bond motifs is 2. The number of carbonyl (C=O) groups excluding carboxylic acids is 1. The van der Waals surface area contributed by atoms with E-state index in [1.54, 1.807) is 0 Å². The second kappa shape index (κ2) is 15.8. The third kappa shape index (κ3) is 8.77. The molecule has 2 aliphatic heterocycles. The summed E-state index contributed by atoms with van der Waals surface area (Å²) >= 11 is 0. The van der Waals surface area contributed by atoms with Crippen LogP contribution in [0.5, 0.6) is 5.75 Å². The first-order valence-corrected chi connectivity index (χ1v) is 19.0. The van der Waals surface area contributed by atoms with Crippen LogP contribution in [0.2, 0.25) is 0 Å². The zero-order valence-corrected chi connectivity index (χ0v) is 31.8. The number of nitrogens with zero attached hydrogens (tertiary/aromatic N) is 7. The van der Waals surface area contributed by atoms with Crippen LogP contribution >= 0.6 is 0 Å². The van der Waals surface area contributed by atoms with E-state index in [1.165, 1.54) is 5.56 Å². The van der Waals surface area contributed by atoms with Gasteiger partial charge in [-0.15, -0.1) is 10.2 Å². The standard InChI is InChI=1S/C41H54N10O2/c1-41(2,3)36(42)25-37(43-29-11-8-10-28(24-29)26-50-22-20-48(4)21-23-50)45-40(52)44-33-16-17-35(32-13-7-6-12-31(32)33)53-30-15-18-38-46-47-39(51(38)27-30)34-14-9-19-49(34)5/h6-8,10-13,15,18,24,27,33-35,42H,9,14,16-17,19-23,25-26H2,1-5H3,(H2,43,44,45,52). The summed E-state index contributed by atoms with van der Waals surface area (Å²) in [5.74, 6) is 2.17. The third-order valence-corrected chi connectivity index (χ3v) is 10.9. The van der Waals surface area contributed by atoms with Gasteiger partial charge in [0.1, 0.15) is 17.7 Å². The van der Waals surface area contributed by atoms with Gasteiger partial charge in [-0.1, -0.05) is 57.2 Å². The van der Waals surface area contributed by atoms with Crippen molar-refractivity contribution in [1.29, 1.82) is 5.41 Å². The van der Waals surface area contributed by atoms with Crippen LogP contribution in [-0.2, 0) is 6.54 Å². The maximum atomic E-state index is 13.7. The molecule has 12 nitrogen and oxygen atoms in total. The van der Waals surface area contributed by atoms with Crippen molar-refractivity contribution in [2.24, 2.45) is 10.4 Å². The predicted molar refractivity (Wildman–Crippen MR) is 209 cm³/mol. The molecule has 3 N–H and O–H groups in total. The fourth-order valence-electron chi connectivity index (χ4n) is 7.62. The quantitative estimate of drug-likeness (QED) is 0.130. The second-order valence-corrected chi connectivity index (χ2v) is 16.0. The minimum atomic E-state index is -0.354. The number of nitrogens with one attached hydrogen (secondary N) is 3. The Hall–Kier alpha value is -4.65. The van der Waals surface area contributed by atoms with Crippen LogP contribution in [0.4, 0.5) is 10.5 Å². The fraction of sp³-hybridized carbons (Fsp3) is 0.488. The number of rotatable bonds is 9. The van der Waals surface area contributed by atoms with Gasteiger partial charge in [-0.3, -0.25) is 19.5 Å². The number of piperazine rings is 1. The number of likely N-dealkylation sites (tertiary alicyclic amines) is 1. The number of amidine groups is 1. The molecule has 0 saturated carbocycles. The minimum absolute atomic E-state index is 0.165. The normalized spacial score (nSPS) is 21.8. The van der Waals surface area contributed by atoms with Crippen LogP contribution < -0.4 is 15.4 Å². The van der Waals surface area contributed by atoms with E-state index in [-0.39, 0.29) is 36.1 Å². The molecule has 4 aromatic rings. The Morgan fingerprint density at radius 2 is 1.74 bits per heavy atom. The van der Waals surface area contributed by atoms with Gasteiger partial charge in [-0.2, -0.15) is 0 Å². The van der Waals surface area contributed by atoms with Crippen molar-refractivity contribution < 1.29 is 9.53 Å². The molecule has 3 atom stereocenters. The molecule has 2 aromatic carbocycles. The zero-order chi connectivity index (χ0) is 37.1. The topological polar surface area (TPSA) is 126 Å². The van der Waals surface area contributed by atoms with Gasteiger partial charge < -0.3 is 20.4 Å². The molecule has 2 saturated heterocycles. The highest BCUT2D eigenvalue weighted by Gasteiger charge is 2.31. The number of pyridine rings is 1. The average molecular weight is 719 g/mol. The van der Waals surface area contributed by atoms with Gasteiger partial charge >= 0.3 is 6.03 Å². The lowest BCUT2D eigenvalue weighted by molar-refractivity contribution is 0.148. The van der Waals surface area contributed by atoms with Crippen molar-refractivity contribution in [1.82, 2.24) is 39.9 Å². The molecule has 7 rings (SSSR count). The first kappa shape index (κ1) is 36.7. The van der Waals surface area contributed by atoms with E-state index in [1.807, 2.05) is 63.4 Å². The maximum absolute atomic E-state index is 13.7. The number of carbonyl (C=O) groups is 1. The summed E-state index contributed by atoms with van der Waals surface area (Å²) in [5, 5.41) is 24.0. The molecule has 2 amide bonds. The van der Waals surface area contributed by atoms with Crippen molar-refractivity contribution in [3.05, 3.63) is 89.4 Å². The first-order valence-electron chi connectivity index (χ1n) is 19.0. The van der Waals surface area contributed by atoms with Gasteiger partial charge in [0.15, 0.2) is 11.5 Å². The van der Waals surface area contributed by atoms with E-state index in [9.17, 15) is 4.79 Å². The van der Waals surface area contributed by atoms with E-state index < -0.39 is 0 Å². The SMILES string of the molecule is CN1CCN(Cc2cccc(N=C(CC(=N)C(C)(C)C)NC(=O)NC3CCC(Oc4ccc5nnc(C6CCCN6C)n5c4)c4ccccc43)c2)CC1. The van der Waals surface area contributed by atoms with E-state index in [4.69, 9.17) is 15.1 Å². The Labute approximate surface area is 313 Å². The van der Waals surface area contributed by atoms with Gasteiger partial charge in [0.25, 0.3) is 0 Å². The van der Waals surface area contributed by atoms with Crippen LogP contribution in [0, 0.1) is 10.8 Å². The van der Waals surface area contributed by atoms with Gasteiger partial charge in [-0.05, 0) is 92.7 Å². The van der Waals surface area contributed by atoms with Crippen molar-refractivity contribution >= 4 is 28.9 Å². The van der Waals surface area contributed by atoms with Crippen molar-refractivity contribution in [3.8, 4) is 5.75 Å². The highest BCUT2D eigenvalue weighted by molar-refractivity contribution is 6.09. The number of aliphatic imine (C=N–C) groups is 1. The minimum Gasteiger partial charge on any atom is -0.484 e. The number of hydrogen-bond donors (Lipinski definition) is 3. The largest absolute Gasteiger partial charge is 0.484 e. The lowest BCUT2D eigenvalue weighted by Gasteiger charge is -2.32.